The monoisotopic (exact) mass is 402 g/mol. The fraction of sp³-hybridized carbons (Fsp3) is 0.381. The fourth-order valence-corrected chi connectivity index (χ4v) is 4.11. The molecule has 3 rings (SSSR count). The van der Waals surface area contributed by atoms with Crippen LogP contribution < -0.4 is 9.46 Å². The molecule has 0 heterocycles. The SMILES string of the molecule is CCCN(CC1CC1)C(=O)c1cccc(S(=O)(=O)Nc2ccc(OC)cc2)c1. The molecule has 1 aliphatic carbocycles. The smallest absolute Gasteiger partial charge is 0.261 e. The molecule has 0 saturated heterocycles. The number of ether oxygens (including phenoxy) is 1. The molecule has 6 nitrogen and oxygen atoms in total. The topological polar surface area (TPSA) is 75.7 Å². The van der Waals surface area contributed by atoms with Crippen LogP contribution in [0, 0.1) is 5.92 Å². The number of nitrogens with one attached hydrogen (secondary N) is 1. The molecule has 0 bridgehead atoms. The maximum atomic E-state index is 12.9. The summed E-state index contributed by atoms with van der Waals surface area (Å²) in [5, 5.41) is 0. The van der Waals surface area contributed by atoms with E-state index in [1.807, 2.05) is 11.8 Å². The van der Waals surface area contributed by atoms with Gasteiger partial charge in [-0.1, -0.05) is 13.0 Å². The van der Waals surface area contributed by atoms with Crippen molar-refractivity contribution in [2.45, 2.75) is 31.1 Å². The van der Waals surface area contributed by atoms with E-state index in [1.165, 1.54) is 12.1 Å². The van der Waals surface area contributed by atoms with Gasteiger partial charge in [0.05, 0.1) is 12.0 Å². The standard InChI is InChI=1S/C21H26N2O4S/c1-3-13-23(15-16-7-8-16)21(24)17-5-4-6-20(14-17)28(25,26)22-18-9-11-19(27-2)12-10-18/h4-6,9-12,14,16,22H,3,7-8,13,15H2,1-2H3. The number of anilines is 1. The quantitative estimate of drug-likeness (QED) is 0.693. The van der Waals surface area contributed by atoms with E-state index in [0.717, 1.165) is 25.8 Å². The number of hydrogen-bond donors (Lipinski definition) is 1. The van der Waals surface area contributed by atoms with E-state index in [-0.39, 0.29) is 10.8 Å². The first-order valence-electron chi connectivity index (χ1n) is 9.49. The van der Waals surface area contributed by atoms with E-state index in [9.17, 15) is 13.2 Å². The van der Waals surface area contributed by atoms with E-state index in [0.29, 0.717) is 29.5 Å². The molecule has 1 N–H and O–H groups in total. The second-order valence-corrected chi connectivity index (χ2v) is 8.74. The Kier molecular flexibility index (Phi) is 6.24. The van der Waals surface area contributed by atoms with Gasteiger partial charge in [-0.2, -0.15) is 0 Å². The minimum absolute atomic E-state index is 0.0667. The molecule has 0 atom stereocenters. The molecule has 1 amide bonds. The molecule has 0 spiro atoms. The first-order valence-corrected chi connectivity index (χ1v) is 11.0. The van der Waals surface area contributed by atoms with Crippen LogP contribution in [-0.2, 0) is 10.0 Å². The maximum Gasteiger partial charge on any atom is 0.261 e. The number of carbonyl (C=O) groups is 1. The Morgan fingerprint density at radius 3 is 2.50 bits per heavy atom. The Morgan fingerprint density at radius 2 is 1.89 bits per heavy atom. The van der Waals surface area contributed by atoms with E-state index in [1.54, 1.807) is 43.5 Å². The van der Waals surface area contributed by atoms with Crippen LogP contribution in [0.5, 0.6) is 5.75 Å². The highest BCUT2D eigenvalue weighted by Gasteiger charge is 2.27. The van der Waals surface area contributed by atoms with Crippen molar-refractivity contribution in [3.8, 4) is 5.75 Å². The van der Waals surface area contributed by atoms with Crippen molar-refractivity contribution in [3.63, 3.8) is 0 Å². The summed E-state index contributed by atoms with van der Waals surface area (Å²) in [4.78, 5) is 14.8. The van der Waals surface area contributed by atoms with Crippen LogP contribution in [0.2, 0.25) is 0 Å². The third kappa shape index (κ3) is 5.04. The van der Waals surface area contributed by atoms with E-state index in [2.05, 4.69) is 4.72 Å². The van der Waals surface area contributed by atoms with Crippen molar-refractivity contribution in [1.82, 2.24) is 4.90 Å². The number of rotatable bonds is 9. The van der Waals surface area contributed by atoms with Crippen molar-refractivity contribution < 1.29 is 17.9 Å². The molecule has 28 heavy (non-hydrogen) atoms. The van der Waals surface area contributed by atoms with Gasteiger partial charge >= 0.3 is 0 Å². The number of hydrogen-bond acceptors (Lipinski definition) is 4. The molecule has 150 valence electrons. The van der Waals surface area contributed by atoms with Gasteiger partial charge in [0.2, 0.25) is 0 Å². The molecule has 1 aliphatic rings. The number of carbonyl (C=O) groups excluding carboxylic acids is 1. The lowest BCUT2D eigenvalue weighted by molar-refractivity contribution is 0.0747. The van der Waals surface area contributed by atoms with Gasteiger partial charge in [-0.05, 0) is 67.6 Å². The second kappa shape index (κ2) is 8.65. The maximum absolute atomic E-state index is 12.9. The highest BCUT2D eigenvalue weighted by Crippen LogP contribution is 2.30. The number of sulfonamides is 1. The summed E-state index contributed by atoms with van der Waals surface area (Å²) in [5.74, 6) is 1.11. The Bertz CT molecular complexity index is 922. The Hall–Kier alpha value is -2.54. The lowest BCUT2D eigenvalue weighted by Gasteiger charge is -2.22. The molecular formula is C21H26N2O4S. The third-order valence-electron chi connectivity index (χ3n) is 4.69. The average molecular weight is 403 g/mol. The van der Waals surface area contributed by atoms with Crippen molar-refractivity contribution in [2.75, 3.05) is 24.9 Å². The average Bonchev–Trinajstić information content (AvgIpc) is 3.52. The molecule has 0 radical (unpaired) electrons. The summed E-state index contributed by atoms with van der Waals surface area (Å²) in [6, 6.07) is 12.8. The lowest BCUT2D eigenvalue weighted by atomic mass is 10.2. The predicted molar refractivity (Wildman–Crippen MR) is 109 cm³/mol. The number of nitrogens with zero attached hydrogens (tertiary/aromatic N) is 1. The zero-order chi connectivity index (χ0) is 20.1. The summed E-state index contributed by atoms with van der Waals surface area (Å²) in [5.41, 5.74) is 0.825. The molecule has 2 aromatic carbocycles. The van der Waals surface area contributed by atoms with Gasteiger partial charge in [-0.3, -0.25) is 9.52 Å². The van der Waals surface area contributed by atoms with Crippen LogP contribution in [-0.4, -0.2) is 39.4 Å². The van der Waals surface area contributed by atoms with Gasteiger partial charge in [-0.25, -0.2) is 8.42 Å². The summed E-state index contributed by atoms with van der Waals surface area (Å²) >= 11 is 0. The number of amides is 1. The third-order valence-corrected chi connectivity index (χ3v) is 6.07. The van der Waals surface area contributed by atoms with Crippen LogP contribution in [0.25, 0.3) is 0 Å². The van der Waals surface area contributed by atoms with Crippen molar-refractivity contribution >= 4 is 21.6 Å². The molecular weight excluding hydrogens is 376 g/mol. The Labute approximate surface area is 166 Å². The van der Waals surface area contributed by atoms with Crippen LogP contribution in [0.15, 0.2) is 53.4 Å². The molecule has 0 unspecified atom stereocenters. The lowest BCUT2D eigenvalue weighted by Crippen LogP contribution is -2.33. The minimum Gasteiger partial charge on any atom is -0.497 e. The molecule has 0 aromatic heterocycles. The van der Waals surface area contributed by atoms with E-state index < -0.39 is 10.0 Å². The summed E-state index contributed by atoms with van der Waals surface area (Å²) in [6.45, 7) is 3.46. The van der Waals surface area contributed by atoms with Crippen LogP contribution in [0.3, 0.4) is 0 Å². The molecule has 1 fully saturated rings. The summed E-state index contributed by atoms with van der Waals surface area (Å²) in [6.07, 6.45) is 3.19. The number of methoxy groups -OCH3 is 1. The Morgan fingerprint density at radius 1 is 1.18 bits per heavy atom. The molecule has 1 saturated carbocycles. The van der Waals surface area contributed by atoms with Crippen LogP contribution in [0.4, 0.5) is 5.69 Å². The molecule has 7 heteroatoms. The summed E-state index contributed by atoms with van der Waals surface area (Å²) < 4.78 is 33.1. The Balaban J connectivity index is 1.79. The first kappa shape index (κ1) is 20.2. The molecule has 2 aromatic rings. The van der Waals surface area contributed by atoms with Crippen LogP contribution in [0.1, 0.15) is 36.5 Å². The molecule has 0 aliphatic heterocycles. The highest BCUT2D eigenvalue weighted by atomic mass is 32.2. The van der Waals surface area contributed by atoms with Gasteiger partial charge in [0.1, 0.15) is 5.75 Å². The van der Waals surface area contributed by atoms with Crippen molar-refractivity contribution in [2.24, 2.45) is 5.92 Å². The predicted octanol–water partition coefficient (Wildman–Crippen LogP) is 3.76. The van der Waals surface area contributed by atoms with E-state index >= 15 is 0 Å². The fourth-order valence-electron chi connectivity index (χ4n) is 3.01. The van der Waals surface area contributed by atoms with Gasteiger partial charge in [0, 0.05) is 24.3 Å². The second-order valence-electron chi connectivity index (χ2n) is 7.06. The number of benzene rings is 2. The van der Waals surface area contributed by atoms with E-state index in [4.69, 9.17) is 4.74 Å². The largest absolute Gasteiger partial charge is 0.497 e. The van der Waals surface area contributed by atoms with Gasteiger partial charge < -0.3 is 9.64 Å². The van der Waals surface area contributed by atoms with Crippen LogP contribution >= 0.6 is 0 Å². The zero-order valence-electron chi connectivity index (χ0n) is 16.2. The van der Waals surface area contributed by atoms with Gasteiger partial charge in [0.25, 0.3) is 15.9 Å². The van der Waals surface area contributed by atoms with Gasteiger partial charge in [0.15, 0.2) is 0 Å². The first-order chi connectivity index (χ1) is 13.4. The zero-order valence-corrected chi connectivity index (χ0v) is 17.0. The summed E-state index contributed by atoms with van der Waals surface area (Å²) in [7, 11) is -2.25. The van der Waals surface area contributed by atoms with Crippen molar-refractivity contribution in [3.05, 3.63) is 54.1 Å². The normalized spacial score (nSPS) is 13.8. The highest BCUT2D eigenvalue weighted by molar-refractivity contribution is 7.92. The van der Waals surface area contributed by atoms with Gasteiger partial charge in [-0.15, -0.1) is 0 Å². The van der Waals surface area contributed by atoms with Crippen molar-refractivity contribution in [1.29, 1.82) is 0 Å². The minimum atomic E-state index is -3.80.